The number of ketones is 1. The zero-order chi connectivity index (χ0) is 19.5. The van der Waals surface area contributed by atoms with Gasteiger partial charge in [-0.25, -0.2) is 4.79 Å². The minimum atomic E-state index is -4.34. The van der Waals surface area contributed by atoms with Crippen molar-refractivity contribution in [2.75, 3.05) is 7.11 Å². The number of rotatable bonds is 6. The van der Waals surface area contributed by atoms with E-state index >= 15 is 0 Å². The summed E-state index contributed by atoms with van der Waals surface area (Å²) in [5.41, 5.74) is 1.45. The van der Waals surface area contributed by atoms with E-state index in [1.54, 1.807) is 18.2 Å². The number of ether oxygens (including phenoxy) is 1. The molecule has 0 radical (unpaired) electrons. The van der Waals surface area contributed by atoms with Gasteiger partial charge in [-0.3, -0.25) is 9.35 Å². The number of methoxy groups -OCH3 is 1. The third kappa shape index (κ3) is 4.17. The molecule has 1 unspecified atom stereocenters. The summed E-state index contributed by atoms with van der Waals surface area (Å²) in [5, 5.41) is 0. The predicted molar refractivity (Wildman–Crippen MR) is 96.2 cm³/mol. The summed E-state index contributed by atoms with van der Waals surface area (Å²) in [6, 6.07) is 9.86. The first-order chi connectivity index (χ1) is 12.2. The quantitative estimate of drug-likeness (QED) is 0.471. The SMILES string of the molecule is CCC(C)c1ccc(C(=O)c2ccc(S(=O)(=O)O)cc2)c(C(=O)OC)c1. The van der Waals surface area contributed by atoms with Gasteiger partial charge in [-0.2, -0.15) is 8.42 Å². The molecule has 0 aromatic heterocycles. The van der Waals surface area contributed by atoms with Crippen LogP contribution in [-0.2, 0) is 14.9 Å². The molecule has 0 aliphatic carbocycles. The van der Waals surface area contributed by atoms with Gasteiger partial charge in [0.2, 0.25) is 0 Å². The van der Waals surface area contributed by atoms with Gasteiger partial charge in [0.05, 0.1) is 17.6 Å². The molecule has 1 atom stereocenters. The average Bonchev–Trinajstić information content (AvgIpc) is 2.65. The van der Waals surface area contributed by atoms with Gasteiger partial charge in [0.25, 0.3) is 10.1 Å². The van der Waals surface area contributed by atoms with E-state index in [9.17, 15) is 18.0 Å². The van der Waals surface area contributed by atoms with E-state index in [2.05, 4.69) is 0 Å². The lowest BCUT2D eigenvalue weighted by atomic mass is 9.91. The largest absolute Gasteiger partial charge is 0.465 e. The molecule has 138 valence electrons. The number of hydrogen-bond donors (Lipinski definition) is 1. The van der Waals surface area contributed by atoms with Gasteiger partial charge < -0.3 is 4.74 Å². The van der Waals surface area contributed by atoms with Crippen LogP contribution in [0, 0.1) is 0 Å². The fraction of sp³-hybridized carbons (Fsp3) is 0.263. The van der Waals surface area contributed by atoms with Crippen molar-refractivity contribution in [2.24, 2.45) is 0 Å². The van der Waals surface area contributed by atoms with Crippen LogP contribution in [0.25, 0.3) is 0 Å². The molecule has 7 heteroatoms. The van der Waals surface area contributed by atoms with Gasteiger partial charge in [-0.15, -0.1) is 0 Å². The van der Waals surface area contributed by atoms with Gasteiger partial charge in [0.1, 0.15) is 0 Å². The van der Waals surface area contributed by atoms with E-state index in [1.165, 1.54) is 19.2 Å². The predicted octanol–water partition coefficient (Wildman–Crippen LogP) is 3.46. The van der Waals surface area contributed by atoms with E-state index in [1.807, 2.05) is 13.8 Å². The number of carbonyl (C=O) groups excluding carboxylic acids is 2. The molecule has 2 aromatic carbocycles. The molecule has 2 aromatic rings. The molecule has 0 saturated carbocycles. The lowest BCUT2D eigenvalue weighted by Gasteiger charge is -2.13. The number of benzene rings is 2. The highest BCUT2D eigenvalue weighted by Crippen LogP contribution is 2.24. The van der Waals surface area contributed by atoms with Crippen LogP contribution >= 0.6 is 0 Å². The van der Waals surface area contributed by atoms with Gasteiger partial charge in [0, 0.05) is 11.1 Å². The first kappa shape index (κ1) is 19.8. The Morgan fingerprint density at radius 3 is 2.19 bits per heavy atom. The zero-order valence-corrected chi connectivity index (χ0v) is 15.5. The Labute approximate surface area is 152 Å². The molecule has 0 spiro atoms. The van der Waals surface area contributed by atoms with Crippen molar-refractivity contribution in [3.8, 4) is 0 Å². The van der Waals surface area contributed by atoms with Crippen LogP contribution in [-0.4, -0.2) is 31.8 Å². The Bertz CT molecular complexity index is 929. The summed E-state index contributed by atoms with van der Waals surface area (Å²) in [6.45, 7) is 4.05. The van der Waals surface area contributed by atoms with Crippen molar-refractivity contribution >= 4 is 21.9 Å². The third-order valence-electron chi connectivity index (χ3n) is 4.29. The van der Waals surface area contributed by atoms with Crippen LogP contribution in [0.2, 0.25) is 0 Å². The van der Waals surface area contributed by atoms with E-state index in [0.29, 0.717) is 0 Å². The number of carbonyl (C=O) groups is 2. The summed E-state index contributed by atoms with van der Waals surface area (Å²) in [4.78, 5) is 24.6. The molecule has 0 saturated heterocycles. The summed E-state index contributed by atoms with van der Waals surface area (Å²) in [5.74, 6) is -0.840. The van der Waals surface area contributed by atoms with Crippen LogP contribution in [0.15, 0.2) is 47.4 Å². The van der Waals surface area contributed by atoms with Crippen LogP contribution < -0.4 is 0 Å². The first-order valence-corrected chi connectivity index (χ1v) is 9.47. The summed E-state index contributed by atoms with van der Waals surface area (Å²) in [7, 11) is -3.10. The van der Waals surface area contributed by atoms with E-state index in [4.69, 9.17) is 9.29 Å². The second-order valence-electron chi connectivity index (χ2n) is 5.93. The van der Waals surface area contributed by atoms with Crippen LogP contribution in [0.4, 0.5) is 0 Å². The van der Waals surface area contributed by atoms with Gasteiger partial charge >= 0.3 is 5.97 Å². The molecule has 2 rings (SSSR count). The molecule has 0 bridgehead atoms. The van der Waals surface area contributed by atoms with Crippen LogP contribution in [0.5, 0.6) is 0 Å². The summed E-state index contributed by atoms with van der Waals surface area (Å²) < 4.78 is 36.0. The highest BCUT2D eigenvalue weighted by Gasteiger charge is 2.21. The second-order valence-corrected chi connectivity index (χ2v) is 7.36. The Kier molecular flexibility index (Phi) is 5.94. The van der Waals surface area contributed by atoms with Crippen molar-refractivity contribution in [3.63, 3.8) is 0 Å². The molecule has 0 amide bonds. The summed E-state index contributed by atoms with van der Waals surface area (Å²) >= 11 is 0. The Morgan fingerprint density at radius 1 is 1.08 bits per heavy atom. The smallest absolute Gasteiger partial charge is 0.338 e. The lowest BCUT2D eigenvalue weighted by Crippen LogP contribution is -2.13. The first-order valence-electron chi connectivity index (χ1n) is 8.03. The molecular formula is C19H20O6S. The Morgan fingerprint density at radius 2 is 1.69 bits per heavy atom. The average molecular weight is 376 g/mol. The van der Waals surface area contributed by atoms with Crippen LogP contribution in [0.3, 0.4) is 0 Å². The van der Waals surface area contributed by atoms with Crippen LogP contribution in [0.1, 0.15) is 58.0 Å². The fourth-order valence-electron chi connectivity index (χ4n) is 2.51. The van der Waals surface area contributed by atoms with Crippen molar-refractivity contribution in [3.05, 3.63) is 64.7 Å². The standard InChI is InChI=1S/C19H20O6S/c1-4-12(2)14-7-10-16(17(11-14)19(21)25-3)18(20)13-5-8-15(9-6-13)26(22,23)24/h5-12H,4H2,1-3H3,(H,22,23,24). The fourth-order valence-corrected chi connectivity index (χ4v) is 2.99. The molecule has 0 aliphatic rings. The van der Waals surface area contributed by atoms with Crippen molar-refractivity contribution in [1.29, 1.82) is 0 Å². The monoisotopic (exact) mass is 376 g/mol. The molecule has 6 nitrogen and oxygen atoms in total. The lowest BCUT2D eigenvalue weighted by molar-refractivity contribution is 0.0597. The highest BCUT2D eigenvalue weighted by molar-refractivity contribution is 7.85. The molecular weight excluding hydrogens is 356 g/mol. The Hall–Kier alpha value is -2.51. The minimum absolute atomic E-state index is 0.161. The van der Waals surface area contributed by atoms with Gasteiger partial charge in [-0.1, -0.05) is 19.9 Å². The maximum Gasteiger partial charge on any atom is 0.338 e. The van der Waals surface area contributed by atoms with Gasteiger partial charge in [0.15, 0.2) is 5.78 Å². The highest BCUT2D eigenvalue weighted by atomic mass is 32.2. The second kappa shape index (κ2) is 7.80. The number of hydrogen-bond acceptors (Lipinski definition) is 5. The number of esters is 1. The van der Waals surface area contributed by atoms with Crippen molar-refractivity contribution < 1.29 is 27.3 Å². The Balaban J connectivity index is 2.49. The topological polar surface area (TPSA) is 97.7 Å². The van der Waals surface area contributed by atoms with Gasteiger partial charge in [-0.05, 0) is 54.3 Å². The van der Waals surface area contributed by atoms with E-state index in [0.717, 1.165) is 24.1 Å². The van der Waals surface area contributed by atoms with Crippen molar-refractivity contribution in [1.82, 2.24) is 0 Å². The normalized spacial score (nSPS) is 12.5. The molecule has 0 aliphatic heterocycles. The molecule has 0 fully saturated rings. The maximum atomic E-state index is 12.8. The third-order valence-corrected chi connectivity index (χ3v) is 5.16. The molecule has 1 N–H and O–H groups in total. The van der Waals surface area contributed by atoms with Crippen molar-refractivity contribution in [2.45, 2.75) is 31.1 Å². The maximum absolute atomic E-state index is 12.8. The minimum Gasteiger partial charge on any atom is -0.465 e. The molecule has 0 heterocycles. The van der Waals surface area contributed by atoms with E-state index in [-0.39, 0.29) is 27.5 Å². The molecule has 26 heavy (non-hydrogen) atoms. The summed E-state index contributed by atoms with van der Waals surface area (Å²) in [6.07, 6.45) is 0.880. The van der Waals surface area contributed by atoms with E-state index < -0.39 is 21.9 Å². The zero-order valence-electron chi connectivity index (χ0n) is 14.7.